The van der Waals surface area contributed by atoms with E-state index in [9.17, 15) is 19.8 Å². The van der Waals surface area contributed by atoms with Gasteiger partial charge in [-0.05, 0) is 41.3 Å². The average molecular weight is 488 g/mol. The van der Waals surface area contributed by atoms with Crippen LogP contribution in [0.25, 0.3) is 5.76 Å². The monoisotopic (exact) mass is 487 g/mol. The Balaban J connectivity index is 2.05. The number of ether oxygens (including phenoxy) is 2. The van der Waals surface area contributed by atoms with Crippen LogP contribution in [0, 0.1) is 0 Å². The summed E-state index contributed by atoms with van der Waals surface area (Å²) in [7, 11) is 2.96. The van der Waals surface area contributed by atoms with Crippen molar-refractivity contribution in [2.24, 2.45) is 0 Å². The lowest BCUT2D eigenvalue weighted by atomic mass is 9.85. The largest absolute Gasteiger partial charge is 0.507 e. The Kier molecular flexibility index (Phi) is 6.50. The molecule has 7 nitrogen and oxygen atoms in total. The summed E-state index contributed by atoms with van der Waals surface area (Å²) in [6, 6.07) is 17.5. The molecule has 0 aromatic heterocycles. The zero-order valence-corrected chi connectivity index (χ0v) is 20.9. The second-order valence-electron chi connectivity index (χ2n) is 9.56. The predicted octanol–water partition coefficient (Wildman–Crippen LogP) is 5.33. The minimum absolute atomic E-state index is 0.128. The van der Waals surface area contributed by atoms with E-state index >= 15 is 0 Å². The molecule has 0 saturated carbocycles. The summed E-state index contributed by atoms with van der Waals surface area (Å²) in [6.07, 6.45) is 0. The molecule has 3 aromatic carbocycles. The number of aliphatic hydroxyl groups is 1. The van der Waals surface area contributed by atoms with Crippen LogP contribution < -0.4 is 14.4 Å². The van der Waals surface area contributed by atoms with Crippen LogP contribution in [0.5, 0.6) is 17.2 Å². The van der Waals surface area contributed by atoms with Gasteiger partial charge in [0.25, 0.3) is 11.7 Å². The molecule has 2 N–H and O–H groups in total. The maximum atomic E-state index is 13.5. The summed E-state index contributed by atoms with van der Waals surface area (Å²) in [5.41, 5.74) is 1.46. The van der Waals surface area contributed by atoms with Crippen LogP contribution >= 0.6 is 0 Å². The van der Waals surface area contributed by atoms with Gasteiger partial charge in [-0.15, -0.1) is 0 Å². The van der Waals surface area contributed by atoms with Crippen molar-refractivity contribution in [3.8, 4) is 17.2 Å². The predicted molar refractivity (Wildman–Crippen MR) is 138 cm³/mol. The number of phenols is 1. The third-order valence-corrected chi connectivity index (χ3v) is 6.34. The summed E-state index contributed by atoms with van der Waals surface area (Å²) in [5.74, 6) is -1.52. The normalized spacial score (nSPS) is 17.4. The lowest BCUT2D eigenvalue weighted by Crippen LogP contribution is -2.29. The molecule has 1 aliphatic heterocycles. The smallest absolute Gasteiger partial charge is 0.300 e. The third kappa shape index (κ3) is 4.17. The molecule has 4 rings (SSSR count). The van der Waals surface area contributed by atoms with Crippen LogP contribution in [-0.4, -0.2) is 36.1 Å². The number of aromatic hydroxyl groups is 1. The van der Waals surface area contributed by atoms with E-state index < -0.39 is 17.7 Å². The van der Waals surface area contributed by atoms with Crippen molar-refractivity contribution in [2.75, 3.05) is 19.1 Å². The number of rotatable bonds is 5. The maximum Gasteiger partial charge on any atom is 0.300 e. The van der Waals surface area contributed by atoms with Gasteiger partial charge in [0, 0.05) is 5.56 Å². The Morgan fingerprint density at radius 3 is 2.17 bits per heavy atom. The fourth-order valence-electron chi connectivity index (χ4n) is 4.44. The van der Waals surface area contributed by atoms with Crippen LogP contribution in [0.4, 0.5) is 5.69 Å². The fourth-order valence-corrected chi connectivity index (χ4v) is 4.44. The van der Waals surface area contributed by atoms with E-state index in [0.717, 1.165) is 5.56 Å². The highest BCUT2D eigenvalue weighted by atomic mass is 16.5. The van der Waals surface area contributed by atoms with Gasteiger partial charge in [-0.2, -0.15) is 0 Å². The molecule has 0 aliphatic carbocycles. The second-order valence-corrected chi connectivity index (χ2v) is 9.56. The number of aliphatic hydroxyl groups excluding tert-OH is 1. The van der Waals surface area contributed by atoms with Crippen LogP contribution in [0.3, 0.4) is 0 Å². The third-order valence-electron chi connectivity index (χ3n) is 6.34. The van der Waals surface area contributed by atoms with Crippen LogP contribution in [0.1, 0.15) is 43.5 Å². The molecule has 7 heteroatoms. The highest BCUT2D eigenvalue weighted by molar-refractivity contribution is 6.52. The number of nitrogens with zero attached hydrogens (tertiary/aromatic N) is 1. The van der Waals surface area contributed by atoms with E-state index in [-0.39, 0.29) is 28.2 Å². The van der Waals surface area contributed by atoms with Crippen molar-refractivity contribution >= 4 is 23.1 Å². The Morgan fingerprint density at radius 1 is 0.889 bits per heavy atom. The van der Waals surface area contributed by atoms with Crippen molar-refractivity contribution in [3.63, 3.8) is 0 Å². The number of hydrogen-bond acceptors (Lipinski definition) is 6. The first kappa shape index (κ1) is 24.9. The lowest BCUT2D eigenvalue weighted by molar-refractivity contribution is -0.132. The molecule has 0 spiro atoms. The topological polar surface area (TPSA) is 96.3 Å². The molecule has 1 amide bonds. The minimum Gasteiger partial charge on any atom is -0.507 e. The molecule has 0 radical (unpaired) electrons. The zero-order chi connectivity index (χ0) is 26.2. The highest BCUT2D eigenvalue weighted by Crippen LogP contribution is 2.47. The van der Waals surface area contributed by atoms with Crippen molar-refractivity contribution in [1.29, 1.82) is 0 Å². The van der Waals surface area contributed by atoms with E-state index in [1.165, 1.54) is 25.2 Å². The Morgan fingerprint density at radius 2 is 1.53 bits per heavy atom. The lowest BCUT2D eigenvalue weighted by Gasteiger charge is -2.27. The van der Waals surface area contributed by atoms with E-state index in [4.69, 9.17) is 9.47 Å². The van der Waals surface area contributed by atoms with Crippen molar-refractivity contribution in [1.82, 2.24) is 0 Å². The molecule has 186 valence electrons. The van der Waals surface area contributed by atoms with Gasteiger partial charge in [0.2, 0.25) is 0 Å². The second kappa shape index (κ2) is 9.41. The van der Waals surface area contributed by atoms with Gasteiger partial charge < -0.3 is 19.7 Å². The molecule has 1 saturated heterocycles. The van der Waals surface area contributed by atoms with Crippen molar-refractivity contribution in [3.05, 3.63) is 89.0 Å². The van der Waals surface area contributed by atoms with Crippen molar-refractivity contribution < 1.29 is 29.3 Å². The van der Waals surface area contributed by atoms with Gasteiger partial charge in [-0.3, -0.25) is 14.5 Å². The first-order chi connectivity index (χ1) is 17.1. The zero-order valence-electron chi connectivity index (χ0n) is 20.9. The first-order valence-electron chi connectivity index (χ1n) is 11.5. The molecule has 3 aromatic rings. The van der Waals surface area contributed by atoms with Crippen molar-refractivity contribution in [2.45, 2.75) is 32.2 Å². The number of benzene rings is 3. The molecule has 1 aliphatic rings. The molecule has 1 heterocycles. The van der Waals surface area contributed by atoms with Crippen LogP contribution in [0.2, 0.25) is 0 Å². The number of methoxy groups -OCH3 is 2. The van der Waals surface area contributed by atoms with Crippen LogP contribution in [-0.2, 0) is 15.0 Å². The summed E-state index contributed by atoms with van der Waals surface area (Å²) in [4.78, 5) is 28.1. The number of hydrogen-bond donors (Lipinski definition) is 2. The quantitative estimate of drug-likeness (QED) is 0.287. The number of Topliss-reactive ketones (excluding diaryl/α,β-unsaturated/α-hetero) is 1. The van der Waals surface area contributed by atoms with Gasteiger partial charge in [0.1, 0.15) is 23.0 Å². The van der Waals surface area contributed by atoms with E-state index in [2.05, 4.69) is 0 Å². The van der Waals surface area contributed by atoms with Gasteiger partial charge >= 0.3 is 0 Å². The van der Waals surface area contributed by atoms with Crippen LogP contribution in [0.15, 0.2) is 72.3 Å². The SMILES string of the molecule is COc1ccc(C(C)(C)C)cc1/C(O)=C1\C(=O)C(=O)N(c2ccccc2O)C1c1ccccc1OC. The number of carbonyl (C=O) groups excluding carboxylic acids is 2. The number of phenolic OH excluding ortho intramolecular Hbond substituents is 1. The van der Waals surface area contributed by atoms with Gasteiger partial charge in [-0.25, -0.2) is 0 Å². The number of ketones is 1. The number of carbonyl (C=O) groups is 2. The molecule has 36 heavy (non-hydrogen) atoms. The Hall–Kier alpha value is -4.26. The molecular weight excluding hydrogens is 458 g/mol. The molecule has 1 atom stereocenters. The molecule has 1 fully saturated rings. The standard InChI is InChI=1S/C29H29NO6/c1-29(2,3)17-14-15-23(36-5)19(16-17)26(32)24-25(18-10-6-9-13-22(18)35-4)30(28(34)27(24)33)20-11-7-8-12-21(20)31/h6-16,25,31-32H,1-5H3/b26-24+. The first-order valence-corrected chi connectivity index (χ1v) is 11.5. The Bertz CT molecular complexity index is 1370. The van der Waals surface area contributed by atoms with E-state index in [1.54, 1.807) is 54.6 Å². The number of para-hydroxylation sites is 3. The molecule has 0 bridgehead atoms. The fraction of sp³-hybridized carbons (Fsp3) is 0.241. The van der Waals surface area contributed by atoms with Gasteiger partial charge in [0.15, 0.2) is 0 Å². The highest BCUT2D eigenvalue weighted by Gasteiger charge is 2.48. The number of anilines is 1. The minimum atomic E-state index is -1.06. The average Bonchev–Trinajstić information content (AvgIpc) is 3.12. The van der Waals surface area contributed by atoms with Gasteiger partial charge in [-0.1, -0.05) is 57.2 Å². The Labute approximate surface area is 210 Å². The summed E-state index contributed by atoms with van der Waals surface area (Å²) in [5, 5.41) is 22.2. The summed E-state index contributed by atoms with van der Waals surface area (Å²) in [6.45, 7) is 6.10. The number of amides is 1. The van der Waals surface area contributed by atoms with Gasteiger partial charge in [0.05, 0.1) is 37.1 Å². The molecule has 1 unspecified atom stereocenters. The van der Waals surface area contributed by atoms with E-state index in [0.29, 0.717) is 22.6 Å². The summed E-state index contributed by atoms with van der Waals surface area (Å²) >= 11 is 0. The van der Waals surface area contributed by atoms with E-state index in [1.807, 2.05) is 26.8 Å². The summed E-state index contributed by atoms with van der Waals surface area (Å²) < 4.78 is 11.0. The maximum absolute atomic E-state index is 13.5. The molecular formula is C29H29NO6.